The van der Waals surface area contributed by atoms with E-state index in [9.17, 15) is 13.6 Å². The molecule has 0 bridgehead atoms. The molecule has 1 N–H and O–H groups in total. The summed E-state index contributed by atoms with van der Waals surface area (Å²) in [5.74, 6) is -2.24. The van der Waals surface area contributed by atoms with Gasteiger partial charge in [0.05, 0.1) is 0 Å². The van der Waals surface area contributed by atoms with Crippen molar-refractivity contribution in [1.29, 1.82) is 0 Å². The van der Waals surface area contributed by atoms with Gasteiger partial charge in [0.2, 0.25) is 0 Å². The molecule has 2 nitrogen and oxygen atoms in total. The van der Waals surface area contributed by atoms with Gasteiger partial charge in [0.1, 0.15) is 17.2 Å². The molecule has 0 aliphatic heterocycles. The molecule has 2 aromatic rings. The van der Waals surface area contributed by atoms with E-state index >= 15 is 0 Å². The van der Waals surface area contributed by atoms with Gasteiger partial charge in [-0.15, -0.1) is 0 Å². The summed E-state index contributed by atoms with van der Waals surface area (Å²) in [7, 11) is 0. The molecule has 3 rings (SSSR count). The van der Waals surface area contributed by atoms with Crippen molar-refractivity contribution < 1.29 is 13.6 Å². The lowest BCUT2D eigenvalue weighted by molar-refractivity contribution is 0.0941. The van der Waals surface area contributed by atoms with Gasteiger partial charge < -0.3 is 5.32 Å². The Hall–Kier alpha value is -1.75. The molecule has 1 aliphatic carbocycles. The molecule has 0 aromatic heterocycles. The van der Waals surface area contributed by atoms with E-state index in [4.69, 9.17) is 0 Å². The smallest absolute Gasteiger partial charge is 0.257 e. The fourth-order valence-electron chi connectivity index (χ4n) is 2.61. The molecule has 0 saturated heterocycles. The van der Waals surface area contributed by atoms with Crippen LogP contribution in [0.25, 0.3) is 0 Å². The van der Waals surface area contributed by atoms with Gasteiger partial charge in [-0.25, -0.2) is 8.78 Å². The van der Waals surface area contributed by atoms with Gasteiger partial charge in [-0.2, -0.15) is 0 Å². The minimum atomic E-state index is -0.867. The van der Waals surface area contributed by atoms with E-state index in [-0.39, 0.29) is 10.4 Å². The summed E-state index contributed by atoms with van der Waals surface area (Å²) in [5.41, 5.74) is 1.91. The van der Waals surface area contributed by atoms with Crippen LogP contribution in [-0.2, 0) is 6.42 Å². The van der Waals surface area contributed by atoms with Crippen LogP contribution in [0.3, 0.4) is 0 Å². The predicted octanol–water partition coefficient (Wildman–Crippen LogP) is 3.80. The molecule has 0 heterocycles. The van der Waals surface area contributed by atoms with Gasteiger partial charge in [0.25, 0.3) is 5.91 Å². The molecule has 0 fully saturated rings. The highest BCUT2D eigenvalue weighted by Gasteiger charge is 2.26. The minimum absolute atomic E-state index is 0.215. The van der Waals surface area contributed by atoms with Crippen molar-refractivity contribution >= 4 is 21.8 Å². The molecule has 108 valence electrons. The Morgan fingerprint density at radius 2 is 1.90 bits per heavy atom. The Morgan fingerprint density at radius 3 is 2.57 bits per heavy atom. The number of rotatable bonds is 3. The van der Waals surface area contributed by atoms with E-state index in [1.807, 2.05) is 24.3 Å². The van der Waals surface area contributed by atoms with Crippen molar-refractivity contribution in [2.75, 3.05) is 6.54 Å². The highest BCUT2D eigenvalue weighted by molar-refractivity contribution is 9.10. The maximum atomic E-state index is 13.7. The summed E-state index contributed by atoms with van der Waals surface area (Å²) in [5, 5.41) is 2.61. The molecule has 0 spiro atoms. The Balaban J connectivity index is 1.69. The summed E-state index contributed by atoms with van der Waals surface area (Å²) in [6.07, 6.45) is 0.877. The molecule has 1 amide bonds. The van der Waals surface area contributed by atoms with Crippen molar-refractivity contribution in [3.05, 3.63) is 69.2 Å². The van der Waals surface area contributed by atoms with Crippen LogP contribution in [0.5, 0.6) is 0 Å². The first-order chi connectivity index (χ1) is 10.1. The third-order valence-electron chi connectivity index (χ3n) is 3.70. The monoisotopic (exact) mass is 351 g/mol. The Kier molecular flexibility index (Phi) is 3.76. The number of hydrogen-bond donors (Lipinski definition) is 1. The van der Waals surface area contributed by atoms with Crippen LogP contribution < -0.4 is 5.32 Å². The molecule has 1 unspecified atom stereocenters. The van der Waals surface area contributed by atoms with E-state index in [1.54, 1.807) is 0 Å². The third kappa shape index (κ3) is 2.70. The molecular weight excluding hydrogens is 340 g/mol. The fraction of sp³-hybridized carbons (Fsp3) is 0.188. The summed E-state index contributed by atoms with van der Waals surface area (Å²) in [6, 6.07) is 10.1. The van der Waals surface area contributed by atoms with Gasteiger partial charge in [-0.1, -0.05) is 40.2 Å². The quantitative estimate of drug-likeness (QED) is 0.895. The van der Waals surface area contributed by atoms with Gasteiger partial charge in [-0.05, 0) is 29.7 Å². The van der Waals surface area contributed by atoms with E-state index < -0.39 is 23.1 Å². The summed E-state index contributed by atoms with van der Waals surface area (Å²) < 4.78 is 27.6. The first-order valence-corrected chi connectivity index (χ1v) is 7.36. The number of halogens is 3. The number of carbonyl (C=O) groups excluding carboxylic acids is 1. The van der Waals surface area contributed by atoms with Gasteiger partial charge in [0, 0.05) is 16.9 Å². The number of hydrogen-bond acceptors (Lipinski definition) is 1. The van der Waals surface area contributed by atoms with Crippen molar-refractivity contribution in [3.63, 3.8) is 0 Å². The van der Waals surface area contributed by atoms with Crippen LogP contribution in [0, 0.1) is 11.6 Å². The first-order valence-electron chi connectivity index (χ1n) is 6.57. The lowest BCUT2D eigenvalue weighted by Gasteiger charge is -2.30. The van der Waals surface area contributed by atoms with Crippen LogP contribution in [0.2, 0.25) is 0 Å². The number of amides is 1. The maximum absolute atomic E-state index is 13.7. The number of carbonyl (C=O) groups is 1. The summed E-state index contributed by atoms with van der Waals surface area (Å²) >= 11 is 2.99. The largest absolute Gasteiger partial charge is 0.351 e. The highest BCUT2D eigenvalue weighted by atomic mass is 79.9. The second kappa shape index (κ2) is 5.56. The predicted molar refractivity (Wildman–Crippen MR) is 79.3 cm³/mol. The van der Waals surface area contributed by atoms with E-state index in [0.29, 0.717) is 6.54 Å². The Bertz CT molecular complexity index is 694. The average Bonchev–Trinajstić information content (AvgIpc) is 2.38. The number of fused-ring (bicyclic) bond motifs is 1. The Morgan fingerprint density at radius 1 is 1.24 bits per heavy atom. The van der Waals surface area contributed by atoms with Crippen molar-refractivity contribution in [2.45, 2.75) is 12.3 Å². The lowest BCUT2D eigenvalue weighted by Crippen LogP contribution is -2.34. The molecule has 1 atom stereocenters. The summed E-state index contributed by atoms with van der Waals surface area (Å²) in [6.45, 7) is 0.380. The SMILES string of the molecule is O=C(NCC1Cc2ccccc21)c1c(F)cc(Br)cc1F. The normalized spacial score (nSPS) is 16.0. The zero-order valence-electron chi connectivity index (χ0n) is 11.0. The van der Waals surface area contributed by atoms with Crippen molar-refractivity contribution in [3.8, 4) is 0 Å². The van der Waals surface area contributed by atoms with Crippen LogP contribution >= 0.6 is 15.9 Å². The van der Waals surface area contributed by atoms with E-state index in [0.717, 1.165) is 18.6 Å². The highest BCUT2D eigenvalue weighted by Crippen LogP contribution is 2.34. The van der Waals surface area contributed by atoms with Crippen LogP contribution in [0.15, 0.2) is 40.9 Å². The van der Waals surface area contributed by atoms with Crippen molar-refractivity contribution in [1.82, 2.24) is 5.32 Å². The first kappa shape index (κ1) is 14.2. The van der Waals surface area contributed by atoms with Gasteiger partial charge in [0.15, 0.2) is 0 Å². The number of nitrogens with one attached hydrogen (secondary N) is 1. The standard InChI is InChI=1S/C16H12BrF2NO/c17-11-6-13(18)15(14(19)7-11)16(21)20-8-10-5-9-3-1-2-4-12(9)10/h1-4,6-7,10H,5,8H2,(H,20,21). The molecule has 21 heavy (non-hydrogen) atoms. The average molecular weight is 352 g/mol. The van der Waals surface area contributed by atoms with E-state index in [2.05, 4.69) is 21.2 Å². The van der Waals surface area contributed by atoms with Crippen LogP contribution in [0.4, 0.5) is 8.78 Å². The Labute approximate surface area is 129 Å². The van der Waals surface area contributed by atoms with Crippen LogP contribution in [-0.4, -0.2) is 12.5 Å². The minimum Gasteiger partial charge on any atom is -0.351 e. The molecular formula is C16H12BrF2NO. The fourth-order valence-corrected chi connectivity index (χ4v) is 3.01. The second-order valence-electron chi connectivity index (χ2n) is 5.05. The van der Waals surface area contributed by atoms with Gasteiger partial charge >= 0.3 is 0 Å². The number of benzene rings is 2. The molecule has 0 saturated carbocycles. The van der Waals surface area contributed by atoms with E-state index in [1.165, 1.54) is 11.1 Å². The van der Waals surface area contributed by atoms with Crippen molar-refractivity contribution in [2.24, 2.45) is 0 Å². The zero-order chi connectivity index (χ0) is 15.0. The molecule has 5 heteroatoms. The second-order valence-corrected chi connectivity index (χ2v) is 5.97. The zero-order valence-corrected chi connectivity index (χ0v) is 12.6. The lowest BCUT2D eigenvalue weighted by atomic mass is 9.77. The molecule has 2 aromatic carbocycles. The maximum Gasteiger partial charge on any atom is 0.257 e. The summed E-state index contributed by atoms with van der Waals surface area (Å²) in [4.78, 5) is 11.9. The van der Waals surface area contributed by atoms with Gasteiger partial charge in [-0.3, -0.25) is 4.79 Å². The molecule has 1 aliphatic rings. The molecule has 0 radical (unpaired) electrons. The topological polar surface area (TPSA) is 29.1 Å². The third-order valence-corrected chi connectivity index (χ3v) is 4.16. The van der Waals surface area contributed by atoms with Crippen LogP contribution in [0.1, 0.15) is 27.4 Å².